The Hall–Kier alpha value is -1.47. The van der Waals surface area contributed by atoms with Crippen molar-refractivity contribution in [3.63, 3.8) is 0 Å². The van der Waals surface area contributed by atoms with E-state index in [0.29, 0.717) is 13.2 Å². The SMILES string of the molecule is COCCNCC(=O)N1CC(=O)NC(=O)C1. The molecule has 16 heavy (non-hydrogen) atoms. The molecule has 1 heterocycles. The molecule has 0 aromatic rings. The standard InChI is InChI=1S/C9H15N3O4/c1-16-3-2-10-4-9(15)12-5-7(13)11-8(14)6-12/h10H,2-6H2,1H3,(H,11,13,14). The third kappa shape index (κ3) is 3.95. The molecular formula is C9H15N3O4. The molecule has 0 radical (unpaired) electrons. The van der Waals surface area contributed by atoms with Crippen LogP contribution in [0.25, 0.3) is 0 Å². The Morgan fingerprint density at radius 1 is 1.44 bits per heavy atom. The summed E-state index contributed by atoms with van der Waals surface area (Å²) in [5.41, 5.74) is 0. The highest BCUT2D eigenvalue weighted by atomic mass is 16.5. The fourth-order valence-electron chi connectivity index (χ4n) is 1.29. The first-order valence-electron chi connectivity index (χ1n) is 4.93. The van der Waals surface area contributed by atoms with Crippen molar-refractivity contribution < 1.29 is 19.1 Å². The van der Waals surface area contributed by atoms with Crippen molar-refractivity contribution in [1.29, 1.82) is 0 Å². The molecule has 1 aliphatic rings. The molecule has 7 nitrogen and oxygen atoms in total. The second-order valence-electron chi connectivity index (χ2n) is 3.39. The van der Waals surface area contributed by atoms with E-state index in [1.807, 2.05) is 0 Å². The maximum absolute atomic E-state index is 11.5. The van der Waals surface area contributed by atoms with Crippen molar-refractivity contribution in [2.24, 2.45) is 0 Å². The number of carbonyl (C=O) groups excluding carboxylic acids is 3. The van der Waals surface area contributed by atoms with Crippen LogP contribution in [0.2, 0.25) is 0 Å². The van der Waals surface area contributed by atoms with Crippen LogP contribution in [0.3, 0.4) is 0 Å². The number of nitrogens with zero attached hydrogens (tertiary/aromatic N) is 1. The Morgan fingerprint density at radius 2 is 2.06 bits per heavy atom. The molecule has 7 heteroatoms. The van der Waals surface area contributed by atoms with Gasteiger partial charge in [0.2, 0.25) is 17.7 Å². The van der Waals surface area contributed by atoms with Crippen molar-refractivity contribution in [2.45, 2.75) is 0 Å². The van der Waals surface area contributed by atoms with E-state index < -0.39 is 11.8 Å². The highest BCUT2D eigenvalue weighted by Crippen LogP contribution is 1.94. The topological polar surface area (TPSA) is 87.7 Å². The number of carbonyl (C=O) groups is 3. The summed E-state index contributed by atoms with van der Waals surface area (Å²) in [4.78, 5) is 34.8. The molecule has 0 aliphatic carbocycles. The van der Waals surface area contributed by atoms with Crippen molar-refractivity contribution in [1.82, 2.24) is 15.5 Å². The van der Waals surface area contributed by atoms with Crippen LogP contribution in [0.5, 0.6) is 0 Å². The van der Waals surface area contributed by atoms with Gasteiger partial charge in [-0.3, -0.25) is 19.7 Å². The van der Waals surface area contributed by atoms with Gasteiger partial charge < -0.3 is 15.0 Å². The molecule has 3 amide bonds. The molecule has 0 aromatic heterocycles. The lowest BCUT2D eigenvalue weighted by Crippen LogP contribution is -2.55. The summed E-state index contributed by atoms with van der Waals surface area (Å²) in [5, 5.41) is 4.98. The van der Waals surface area contributed by atoms with E-state index in [2.05, 4.69) is 10.6 Å². The largest absolute Gasteiger partial charge is 0.383 e. The van der Waals surface area contributed by atoms with Gasteiger partial charge in [0.1, 0.15) is 13.1 Å². The van der Waals surface area contributed by atoms with E-state index in [9.17, 15) is 14.4 Å². The van der Waals surface area contributed by atoms with Gasteiger partial charge in [-0.2, -0.15) is 0 Å². The third-order valence-electron chi connectivity index (χ3n) is 2.06. The van der Waals surface area contributed by atoms with E-state index in [4.69, 9.17) is 4.74 Å². The molecule has 0 aromatic carbocycles. The maximum Gasteiger partial charge on any atom is 0.246 e. The first kappa shape index (κ1) is 12.6. The fourth-order valence-corrected chi connectivity index (χ4v) is 1.29. The van der Waals surface area contributed by atoms with Gasteiger partial charge in [-0.1, -0.05) is 0 Å². The average molecular weight is 229 g/mol. The van der Waals surface area contributed by atoms with Gasteiger partial charge in [-0.25, -0.2) is 0 Å². The number of ether oxygens (including phenoxy) is 1. The Kier molecular flexibility index (Phi) is 4.87. The van der Waals surface area contributed by atoms with E-state index in [-0.39, 0.29) is 25.5 Å². The van der Waals surface area contributed by atoms with Gasteiger partial charge in [0.15, 0.2) is 0 Å². The molecule has 1 rings (SSSR count). The van der Waals surface area contributed by atoms with Crippen LogP contribution in [0, 0.1) is 0 Å². The summed E-state index contributed by atoms with van der Waals surface area (Å²) < 4.78 is 4.80. The summed E-state index contributed by atoms with van der Waals surface area (Å²) in [6, 6.07) is 0. The predicted octanol–water partition coefficient (Wildman–Crippen LogP) is -2.29. The van der Waals surface area contributed by atoms with Crippen molar-refractivity contribution in [3.05, 3.63) is 0 Å². The number of methoxy groups -OCH3 is 1. The van der Waals surface area contributed by atoms with Gasteiger partial charge in [0.05, 0.1) is 13.2 Å². The normalized spacial score (nSPS) is 16.2. The average Bonchev–Trinajstić information content (AvgIpc) is 2.22. The summed E-state index contributed by atoms with van der Waals surface area (Å²) >= 11 is 0. The highest BCUT2D eigenvalue weighted by molar-refractivity contribution is 6.02. The Labute approximate surface area is 93.1 Å². The first-order chi connectivity index (χ1) is 7.63. The molecular weight excluding hydrogens is 214 g/mol. The zero-order chi connectivity index (χ0) is 12.0. The molecule has 0 atom stereocenters. The second kappa shape index (κ2) is 6.19. The molecule has 90 valence electrons. The fraction of sp³-hybridized carbons (Fsp3) is 0.667. The molecule has 2 N–H and O–H groups in total. The maximum atomic E-state index is 11.5. The zero-order valence-electron chi connectivity index (χ0n) is 9.12. The predicted molar refractivity (Wildman–Crippen MR) is 54.5 cm³/mol. The van der Waals surface area contributed by atoms with Gasteiger partial charge >= 0.3 is 0 Å². The van der Waals surface area contributed by atoms with Crippen LogP contribution >= 0.6 is 0 Å². The third-order valence-corrected chi connectivity index (χ3v) is 2.06. The van der Waals surface area contributed by atoms with Gasteiger partial charge in [-0.15, -0.1) is 0 Å². The highest BCUT2D eigenvalue weighted by Gasteiger charge is 2.25. The number of piperazine rings is 1. The Balaban J connectivity index is 2.30. The first-order valence-corrected chi connectivity index (χ1v) is 4.93. The van der Waals surface area contributed by atoms with Crippen LogP contribution in [0.15, 0.2) is 0 Å². The molecule has 1 aliphatic heterocycles. The summed E-state index contributed by atoms with van der Waals surface area (Å²) in [6.07, 6.45) is 0. The molecule has 1 fully saturated rings. The van der Waals surface area contributed by atoms with E-state index >= 15 is 0 Å². The van der Waals surface area contributed by atoms with Crippen LogP contribution in [-0.2, 0) is 19.1 Å². The number of amides is 3. The number of hydrogen-bond donors (Lipinski definition) is 2. The van der Waals surface area contributed by atoms with Crippen molar-refractivity contribution in [3.8, 4) is 0 Å². The molecule has 0 unspecified atom stereocenters. The minimum absolute atomic E-state index is 0.0590. The lowest BCUT2D eigenvalue weighted by Gasteiger charge is -2.25. The number of imide groups is 1. The number of rotatable bonds is 5. The van der Waals surface area contributed by atoms with Crippen molar-refractivity contribution >= 4 is 17.7 Å². The van der Waals surface area contributed by atoms with Gasteiger partial charge in [0, 0.05) is 13.7 Å². The monoisotopic (exact) mass is 229 g/mol. The van der Waals surface area contributed by atoms with Crippen LogP contribution < -0.4 is 10.6 Å². The summed E-state index contributed by atoms with van der Waals surface area (Å²) in [5.74, 6) is -1.15. The molecule has 0 saturated carbocycles. The lowest BCUT2D eigenvalue weighted by atomic mass is 10.3. The second-order valence-corrected chi connectivity index (χ2v) is 3.39. The molecule has 1 saturated heterocycles. The van der Waals surface area contributed by atoms with Crippen LogP contribution in [0.4, 0.5) is 0 Å². The Bertz CT molecular complexity index is 276. The zero-order valence-corrected chi connectivity index (χ0v) is 9.12. The Morgan fingerprint density at radius 3 is 2.62 bits per heavy atom. The van der Waals surface area contributed by atoms with Gasteiger partial charge in [-0.05, 0) is 0 Å². The van der Waals surface area contributed by atoms with E-state index in [0.717, 1.165) is 0 Å². The smallest absolute Gasteiger partial charge is 0.246 e. The quantitative estimate of drug-likeness (QED) is 0.409. The summed E-state index contributed by atoms with van der Waals surface area (Å²) in [6.45, 7) is 1.04. The minimum Gasteiger partial charge on any atom is -0.383 e. The lowest BCUT2D eigenvalue weighted by molar-refractivity contribution is -0.144. The minimum atomic E-state index is -0.443. The van der Waals surface area contributed by atoms with Gasteiger partial charge in [0.25, 0.3) is 0 Å². The number of hydrogen-bond acceptors (Lipinski definition) is 5. The molecule has 0 bridgehead atoms. The molecule has 0 spiro atoms. The van der Waals surface area contributed by atoms with E-state index in [1.165, 1.54) is 4.90 Å². The summed E-state index contributed by atoms with van der Waals surface area (Å²) in [7, 11) is 1.57. The number of nitrogens with one attached hydrogen (secondary N) is 2. The van der Waals surface area contributed by atoms with Crippen molar-refractivity contribution in [2.75, 3.05) is 39.9 Å². The van der Waals surface area contributed by atoms with Crippen LogP contribution in [0.1, 0.15) is 0 Å². The van der Waals surface area contributed by atoms with Crippen LogP contribution in [-0.4, -0.2) is 62.5 Å². The van der Waals surface area contributed by atoms with E-state index in [1.54, 1.807) is 7.11 Å².